The number of rotatable bonds is 8. The SMILES string of the molecule is CCCCC[C@H]1CC[C@H](C=CC#Cc2ccc(CO[Si](C)(C)C)cc2)CC1. The zero-order chi connectivity index (χ0) is 19.5. The van der Waals surface area contributed by atoms with E-state index in [-0.39, 0.29) is 0 Å². The summed E-state index contributed by atoms with van der Waals surface area (Å²) in [5, 5.41) is 0. The maximum Gasteiger partial charge on any atom is 0.184 e. The van der Waals surface area contributed by atoms with Crippen LogP contribution in [-0.2, 0) is 11.0 Å². The summed E-state index contributed by atoms with van der Waals surface area (Å²) in [6.45, 7) is 9.67. The van der Waals surface area contributed by atoms with Gasteiger partial charge in [-0.3, -0.25) is 0 Å². The third-order valence-electron chi connectivity index (χ3n) is 5.40. The highest BCUT2D eigenvalue weighted by Gasteiger charge is 2.18. The molecular weight excluding hydrogens is 344 g/mol. The van der Waals surface area contributed by atoms with Crippen molar-refractivity contribution in [3.63, 3.8) is 0 Å². The third-order valence-corrected chi connectivity index (χ3v) is 6.41. The van der Waals surface area contributed by atoms with Gasteiger partial charge in [-0.1, -0.05) is 62.7 Å². The van der Waals surface area contributed by atoms with Gasteiger partial charge in [0.2, 0.25) is 0 Å². The first-order valence-corrected chi connectivity index (χ1v) is 14.3. The lowest BCUT2D eigenvalue weighted by molar-refractivity contribution is 0.289. The Balaban J connectivity index is 1.72. The molecule has 2 rings (SSSR count). The van der Waals surface area contributed by atoms with Crippen molar-refractivity contribution in [2.24, 2.45) is 11.8 Å². The molecule has 148 valence electrons. The van der Waals surface area contributed by atoms with Crippen LogP contribution in [0.4, 0.5) is 0 Å². The van der Waals surface area contributed by atoms with E-state index in [1.807, 2.05) is 0 Å². The molecule has 27 heavy (non-hydrogen) atoms. The van der Waals surface area contributed by atoms with E-state index in [4.69, 9.17) is 4.43 Å². The Morgan fingerprint density at radius 3 is 2.37 bits per heavy atom. The number of hydrogen-bond donors (Lipinski definition) is 0. The summed E-state index contributed by atoms with van der Waals surface area (Å²) in [4.78, 5) is 0. The molecule has 1 nitrogen and oxygen atoms in total. The summed E-state index contributed by atoms with van der Waals surface area (Å²) in [6, 6.07) is 8.47. The standard InChI is InChI=1S/C25H38OSi/c1-5-6-7-10-22-13-15-23(16-14-22)11-8-9-12-24-17-19-25(20-18-24)21-26-27(2,3)4/h8,11,17-20,22-23H,5-7,10,13-16,21H2,1-4H3/t22-,23-. The lowest BCUT2D eigenvalue weighted by Gasteiger charge is -2.26. The summed E-state index contributed by atoms with van der Waals surface area (Å²) in [6.07, 6.45) is 15.5. The Morgan fingerprint density at radius 2 is 1.74 bits per heavy atom. The van der Waals surface area contributed by atoms with Gasteiger partial charge >= 0.3 is 0 Å². The molecule has 1 aliphatic carbocycles. The maximum atomic E-state index is 5.95. The first-order valence-electron chi connectivity index (χ1n) is 10.9. The summed E-state index contributed by atoms with van der Waals surface area (Å²) < 4.78 is 5.95. The molecule has 1 aromatic carbocycles. The predicted octanol–water partition coefficient (Wildman–Crippen LogP) is 7.33. The molecule has 0 unspecified atom stereocenters. The van der Waals surface area contributed by atoms with Crippen LogP contribution in [-0.4, -0.2) is 8.32 Å². The number of benzene rings is 1. The van der Waals surface area contributed by atoms with Crippen LogP contribution in [0.5, 0.6) is 0 Å². The fourth-order valence-corrected chi connectivity index (χ4v) is 4.25. The largest absolute Gasteiger partial charge is 0.413 e. The third kappa shape index (κ3) is 9.45. The Morgan fingerprint density at radius 1 is 1.04 bits per heavy atom. The zero-order valence-corrected chi connectivity index (χ0v) is 18.9. The quantitative estimate of drug-likeness (QED) is 0.260. The minimum Gasteiger partial charge on any atom is -0.413 e. The van der Waals surface area contributed by atoms with Gasteiger partial charge in [-0.25, -0.2) is 0 Å². The van der Waals surface area contributed by atoms with Crippen molar-refractivity contribution in [1.29, 1.82) is 0 Å². The smallest absolute Gasteiger partial charge is 0.184 e. The van der Waals surface area contributed by atoms with Gasteiger partial charge in [0.1, 0.15) is 0 Å². The van der Waals surface area contributed by atoms with Crippen molar-refractivity contribution in [1.82, 2.24) is 0 Å². The second kappa shape index (κ2) is 11.5. The predicted molar refractivity (Wildman–Crippen MR) is 120 cm³/mol. The van der Waals surface area contributed by atoms with E-state index >= 15 is 0 Å². The summed E-state index contributed by atoms with van der Waals surface area (Å²) in [5.41, 5.74) is 2.31. The van der Waals surface area contributed by atoms with Crippen LogP contribution in [0.2, 0.25) is 19.6 Å². The van der Waals surface area contributed by atoms with Crippen LogP contribution in [0.15, 0.2) is 36.4 Å². The number of unbranched alkanes of at least 4 members (excludes halogenated alkanes) is 2. The van der Waals surface area contributed by atoms with Gasteiger partial charge in [-0.2, -0.15) is 0 Å². The molecule has 0 heterocycles. The first kappa shape index (κ1) is 22.0. The Hall–Kier alpha value is -1.30. The highest BCUT2D eigenvalue weighted by atomic mass is 28.4. The second-order valence-corrected chi connectivity index (χ2v) is 13.5. The van der Waals surface area contributed by atoms with Crippen LogP contribution < -0.4 is 0 Å². The van der Waals surface area contributed by atoms with Gasteiger partial charge in [0.05, 0.1) is 6.61 Å². The Labute approximate surface area is 168 Å². The van der Waals surface area contributed by atoms with E-state index in [1.165, 1.54) is 56.9 Å². The van der Waals surface area contributed by atoms with Crippen molar-refractivity contribution in [2.75, 3.05) is 0 Å². The minimum absolute atomic E-state index is 0.713. The monoisotopic (exact) mass is 382 g/mol. The lowest BCUT2D eigenvalue weighted by atomic mass is 9.79. The van der Waals surface area contributed by atoms with E-state index in [2.05, 4.69) is 74.8 Å². The van der Waals surface area contributed by atoms with Crippen LogP contribution in [0.1, 0.15) is 69.4 Å². The van der Waals surface area contributed by atoms with Crippen LogP contribution in [0.3, 0.4) is 0 Å². The molecule has 0 spiro atoms. The van der Waals surface area contributed by atoms with Crippen molar-refractivity contribution < 1.29 is 4.43 Å². The summed E-state index contributed by atoms with van der Waals surface area (Å²) in [5.74, 6) is 8.20. The van der Waals surface area contributed by atoms with Gasteiger partial charge in [0.25, 0.3) is 0 Å². The zero-order valence-electron chi connectivity index (χ0n) is 17.9. The van der Waals surface area contributed by atoms with Crippen molar-refractivity contribution >= 4 is 8.32 Å². The fourth-order valence-electron chi connectivity index (χ4n) is 3.65. The van der Waals surface area contributed by atoms with Crippen molar-refractivity contribution in [2.45, 2.75) is 84.5 Å². The highest BCUT2D eigenvalue weighted by Crippen LogP contribution is 2.32. The molecule has 1 fully saturated rings. The number of hydrogen-bond acceptors (Lipinski definition) is 1. The Bertz CT molecular complexity index is 619. The molecule has 1 aromatic rings. The van der Waals surface area contributed by atoms with E-state index in [9.17, 15) is 0 Å². The summed E-state index contributed by atoms with van der Waals surface area (Å²) >= 11 is 0. The molecule has 0 radical (unpaired) electrons. The van der Waals surface area contributed by atoms with Crippen LogP contribution in [0.25, 0.3) is 0 Å². The molecule has 0 N–H and O–H groups in total. The average Bonchev–Trinajstić information content (AvgIpc) is 2.65. The fraction of sp³-hybridized carbons (Fsp3) is 0.600. The van der Waals surface area contributed by atoms with Gasteiger partial charge in [-0.05, 0) is 80.9 Å². The molecular formula is C25H38OSi. The molecule has 0 bridgehead atoms. The van der Waals surface area contributed by atoms with E-state index < -0.39 is 8.32 Å². The summed E-state index contributed by atoms with van der Waals surface area (Å²) in [7, 11) is -1.45. The maximum absolute atomic E-state index is 5.95. The first-order chi connectivity index (χ1) is 13.0. The molecule has 1 aliphatic rings. The van der Waals surface area contributed by atoms with Crippen LogP contribution in [0, 0.1) is 23.7 Å². The molecule has 0 aliphatic heterocycles. The molecule has 0 aromatic heterocycles. The normalized spacial score (nSPS) is 20.4. The molecule has 0 amide bonds. The molecule has 0 saturated heterocycles. The van der Waals surface area contributed by atoms with E-state index in [0.29, 0.717) is 6.61 Å². The molecule has 1 saturated carbocycles. The highest BCUT2D eigenvalue weighted by molar-refractivity contribution is 6.69. The average molecular weight is 383 g/mol. The van der Waals surface area contributed by atoms with E-state index in [1.54, 1.807) is 0 Å². The van der Waals surface area contributed by atoms with Crippen molar-refractivity contribution in [3.05, 3.63) is 47.5 Å². The van der Waals surface area contributed by atoms with Gasteiger partial charge in [0.15, 0.2) is 8.32 Å². The van der Waals surface area contributed by atoms with Crippen molar-refractivity contribution in [3.8, 4) is 11.8 Å². The second-order valence-electron chi connectivity index (χ2n) is 9.00. The van der Waals surface area contributed by atoms with Crippen LogP contribution >= 0.6 is 0 Å². The van der Waals surface area contributed by atoms with E-state index in [0.717, 1.165) is 17.4 Å². The van der Waals surface area contributed by atoms with Gasteiger partial charge in [0, 0.05) is 5.56 Å². The topological polar surface area (TPSA) is 9.23 Å². The van der Waals surface area contributed by atoms with Gasteiger partial charge < -0.3 is 4.43 Å². The lowest BCUT2D eigenvalue weighted by Crippen LogP contribution is -2.24. The Kier molecular flexibility index (Phi) is 9.38. The molecule has 2 heteroatoms. The molecule has 0 atom stereocenters. The minimum atomic E-state index is -1.45. The van der Waals surface area contributed by atoms with Gasteiger partial charge in [-0.15, -0.1) is 0 Å². The number of allylic oxidation sites excluding steroid dienone is 2.